The van der Waals surface area contributed by atoms with Crippen molar-refractivity contribution in [3.05, 3.63) is 12.2 Å². The zero-order valence-corrected chi connectivity index (χ0v) is 8.40. The summed E-state index contributed by atoms with van der Waals surface area (Å²) in [7, 11) is 0. The Morgan fingerprint density at radius 1 is 1.42 bits per heavy atom. The van der Waals surface area contributed by atoms with Gasteiger partial charge in [0.15, 0.2) is 5.12 Å². The zero-order valence-electron chi connectivity index (χ0n) is 7.58. The Morgan fingerprint density at radius 3 is 3.00 bits per heavy atom. The largest absolute Gasteiger partial charge is 0.287 e. The first kappa shape index (κ1) is 9.85. The second-order valence-corrected chi connectivity index (χ2v) is 4.01. The molecule has 0 amide bonds. The molecule has 0 aliphatic heterocycles. The Kier molecular flexibility index (Phi) is 4.44. The van der Waals surface area contributed by atoms with Crippen LogP contribution in [-0.2, 0) is 4.79 Å². The van der Waals surface area contributed by atoms with Crippen molar-refractivity contribution in [2.75, 3.05) is 6.26 Å². The molecule has 0 aromatic carbocycles. The third-order valence-corrected chi connectivity index (χ3v) is 2.96. The van der Waals surface area contributed by atoms with Gasteiger partial charge in [0.2, 0.25) is 0 Å². The summed E-state index contributed by atoms with van der Waals surface area (Å²) in [5.41, 5.74) is 0. The monoisotopic (exact) mass is 184 g/mol. The smallest absolute Gasteiger partial charge is 0.195 e. The van der Waals surface area contributed by atoms with Crippen LogP contribution in [0.15, 0.2) is 12.2 Å². The molecule has 1 rings (SSSR count). The molecule has 68 valence electrons. The summed E-state index contributed by atoms with van der Waals surface area (Å²) < 4.78 is 0. The van der Waals surface area contributed by atoms with Gasteiger partial charge >= 0.3 is 0 Å². The van der Waals surface area contributed by atoms with Gasteiger partial charge in [-0.25, -0.2) is 0 Å². The van der Waals surface area contributed by atoms with E-state index < -0.39 is 0 Å². The van der Waals surface area contributed by atoms with Gasteiger partial charge in [-0.3, -0.25) is 4.79 Å². The molecule has 1 aliphatic carbocycles. The van der Waals surface area contributed by atoms with Gasteiger partial charge in [0.1, 0.15) is 0 Å². The van der Waals surface area contributed by atoms with Crippen LogP contribution in [0.4, 0.5) is 0 Å². The summed E-state index contributed by atoms with van der Waals surface area (Å²) in [6.45, 7) is 0. The first-order valence-electron chi connectivity index (χ1n) is 4.59. The van der Waals surface area contributed by atoms with E-state index in [9.17, 15) is 4.79 Å². The zero-order chi connectivity index (χ0) is 8.81. The molecule has 0 heterocycles. The molecule has 1 nitrogen and oxygen atoms in total. The molecule has 0 radical (unpaired) electrons. The van der Waals surface area contributed by atoms with E-state index in [1.54, 1.807) is 0 Å². The average Bonchev–Trinajstić information content (AvgIpc) is 2.02. The quantitative estimate of drug-likeness (QED) is 0.583. The average molecular weight is 184 g/mol. The van der Waals surface area contributed by atoms with Crippen molar-refractivity contribution < 1.29 is 4.79 Å². The molecule has 0 saturated heterocycles. The van der Waals surface area contributed by atoms with E-state index in [1.165, 1.54) is 31.0 Å². The van der Waals surface area contributed by atoms with Gasteiger partial charge in [0, 0.05) is 5.92 Å². The Bertz CT molecular complexity index is 175. The summed E-state index contributed by atoms with van der Waals surface area (Å²) in [4.78, 5) is 11.3. The number of carbonyl (C=O) groups is 1. The Morgan fingerprint density at radius 2 is 2.25 bits per heavy atom. The fraction of sp³-hybridized carbons (Fsp3) is 0.700. The van der Waals surface area contributed by atoms with Crippen molar-refractivity contribution in [1.29, 1.82) is 0 Å². The van der Waals surface area contributed by atoms with Crippen molar-refractivity contribution >= 4 is 16.9 Å². The van der Waals surface area contributed by atoms with Gasteiger partial charge in [0.05, 0.1) is 0 Å². The number of allylic oxidation sites excluding steroid dienone is 2. The maximum absolute atomic E-state index is 11.3. The van der Waals surface area contributed by atoms with Crippen molar-refractivity contribution in [2.45, 2.75) is 32.1 Å². The second kappa shape index (κ2) is 5.41. The van der Waals surface area contributed by atoms with Gasteiger partial charge in [-0.1, -0.05) is 36.8 Å². The molecular formula is C10H16OS. The van der Waals surface area contributed by atoms with Gasteiger partial charge in [-0.2, -0.15) is 0 Å². The third kappa shape index (κ3) is 3.02. The van der Waals surface area contributed by atoms with Crippen LogP contribution in [0.3, 0.4) is 0 Å². The van der Waals surface area contributed by atoms with Crippen LogP contribution in [0.1, 0.15) is 32.1 Å². The highest BCUT2D eigenvalue weighted by Gasteiger charge is 2.14. The molecule has 0 saturated carbocycles. The Hall–Kier alpha value is -0.240. The minimum atomic E-state index is 0.195. The van der Waals surface area contributed by atoms with E-state index in [2.05, 4.69) is 12.2 Å². The Labute approximate surface area is 78.6 Å². The molecule has 0 bridgehead atoms. The first-order chi connectivity index (χ1) is 5.84. The normalized spacial score (nSPS) is 27.2. The summed E-state index contributed by atoms with van der Waals surface area (Å²) in [6.07, 6.45) is 12.1. The number of rotatable bonds is 1. The number of thioether (sulfide) groups is 1. The molecule has 0 aromatic heterocycles. The van der Waals surface area contributed by atoms with E-state index in [1.807, 2.05) is 6.26 Å². The van der Waals surface area contributed by atoms with Crippen molar-refractivity contribution in [3.63, 3.8) is 0 Å². The van der Waals surface area contributed by atoms with Crippen molar-refractivity contribution in [2.24, 2.45) is 5.92 Å². The summed E-state index contributed by atoms with van der Waals surface area (Å²) in [5, 5.41) is 0.327. The highest BCUT2D eigenvalue weighted by molar-refractivity contribution is 8.13. The molecule has 2 heteroatoms. The summed E-state index contributed by atoms with van der Waals surface area (Å²) in [5.74, 6) is 0.195. The van der Waals surface area contributed by atoms with Crippen LogP contribution in [0.2, 0.25) is 0 Å². The lowest BCUT2D eigenvalue weighted by Crippen LogP contribution is -2.08. The molecule has 1 unspecified atom stereocenters. The maximum atomic E-state index is 11.3. The van der Waals surface area contributed by atoms with Crippen molar-refractivity contribution in [3.8, 4) is 0 Å². The SMILES string of the molecule is CSC(=O)C1/C=C/CCCCC1. The highest BCUT2D eigenvalue weighted by atomic mass is 32.2. The van der Waals surface area contributed by atoms with Crippen LogP contribution in [0.25, 0.3) is 0 Å². The van der Waals surface area contributed by atoms with Crippen LogP contribution in [-0.4, -0.2) is 11.4 Å². The number of hydrogen-bond donors (Lipinski definition) is 0. The molecule has 0 spiro atoms. The van der Waals surface area contributed by atoms with Gasteiger partial charge in [-0.15, -0.1) is 0 Å². The van der Waals surface area contributed by atoms with E-state index in [-0.39, 0.29) is 5.92 Å². The summed E-state index contributed by atoms with van der Waals surface area (Å²) in [6, 6.07) is 0. The fourth-order valence-electron chi connectivity index (χ4n) is 1.51. The minimum Gasteiger partial charge on any atom is -0.287 e. The molecule has 1 atom stereocenters. The molecule has 0 N–H and O–H groups in total. The maximum Gasteiger partial charge on any atom is 0.195 e. The molecule has 1 aliphatic rings. The van der Waals surface area contributed by atoms with Crippen LogP contribution in [0, 0.1) is 5.92 Å². The summed E-state index contributed by atoms with van der Waals surface area (Å²) >= 11 is 1.36. The van der Waals surface area contributed by atoms with Gasteiger partial charge < -0.3 is 0 Å². The lowest BCUT2D eigenvalue weighted by atomic mass is 9.98. The van der Waals surface area contributed by atoms with E-state index in [0.29, 0.717) is 5.12 Å². The number of carbonyl (C=O) groups excluding carboxylic acids is 1. The van der Waals surface area contributed by atoms with Crippen LogP contribution < -0.4 is 0 Å². The molecule has 12 heavy (non-hydrogen) atoms. The second-order valence-electron chi connectivity index (χ2n) is 3.20. The predicted molar refractivity (Wildman–Crippen MR) is 54.2 cm³/mol. The van der Waals surface area contributed by atoms with E-state index in [4.69, 9.17) is 0 Å². The highest BCUT2D eigenvalue weighted by Crippen LogP contribution is 2.20. The van der Waals surface area contributed by atoms with Gasteiger partial charge in [-0.05, 0) is 25.5 Å². The molecular weight excluding hydrogens is 168 g/mol. The minimum absolute atomic E-state index is 0.195. The molecule has 0 fully saturated rings. The Balaban J connectivity index is 2.48. The van der Waals surface area contributed by atoms with E-state index >= 15 is 0 Å². The predicted octanol–water partition coefficient (Wildman–Crippen LogP) is 3.01. The van der Waals surface area contributed by atoms with Crippen LogP contribution >= 0.6 is 11.8 Å². The fourth-order valence-corrected chi connectivity index (χ4v) is 2.01. The first-order valence-corrected chi connectivity index (χ1v) is 5.81. The topological polar surface area (TPSA) is 17.1 Å². The van der Waals surface area contributed by atoms with Crippen LogP contribution in [0.5, 0.6) is 0 Å². The van der Waals surface area contributed by atoms with Crippen molar-refractivity contribution in [1.82, 2.24) is 0 Å². The standard InChI is InChI=1S/C10H16OS/c1-12-10(11)9-7-5-3-2-4-6-8-9/h5,7,9H,2-4,6,8H2,1H3/b7-5+. The lowest BCUT2D eigenvalue weighted by Gasteiger charge is -2.11. The number of hydrogen-bond acceptors (Lipinski definition) is 2. The third-order valence-electron chi connectivity index (χ3n) is 2.26. The lowest BCUT2D eigenvalue weighted by molar-refractivity contribution is -0.113. The van der Waals surface area contributed by atoms with Gasteiger partial charge in [0.25, 0.3) is 0 Å². The molecule has 0 aromatic rings. The van der Waals surface area contributed by atoms with E-state index in [0.717, 1.165) is 12.8 Å².